The number of rotatable bonds is 14. The third-order valence-electron chi connectivity index (χ3n) is 3.31. The summed E-state index contributed by atoms with van der Waals surface area (Å²) >= 11 is 3.49. The van der Waals surface area contributed by atoms with Crippen molar-refractivity contribution in [3.8, 4) is 0 Å². The highest BCUT2D eigenvalue weighted by Gasteiger charge is 2.27. The maximum Gasteiger partial charge on any atom is 0.0984 e. The van der Waals surface area contributed by atoms with Crippen LogP contribution >= 0.6 is 15.9 Å². The number of hydrogen-bond donors (Lipinski definition) is 1. The lowest BCUT2D eigenvalue weighted by atomic mass is 10.1. The average molecular weight is 385 g/mol. The van der Waals surface area contributed by atoms with Crippen LogP contribution in [0, 0.1) is 0 Å². The lowest BCUT2D eigenvalue weighted by Crippen LogP contribution is -2.39. The minimum Gasteiger partial charge on any atom is -0.394 e. The molecule has 0 aromatic heterocycles. The van der Waals surface area contributed by atoms with Gasteiger partial charge in [0.1, 0.15) is 0 Å². The fourth-order valence-electron chi connectivity index (χ4n) is 1.98. The molecule has 6 nitrogen and oxygen atoms in total. The van der Waals surface area contributed by atoms with Gasteiger partial charge < -0.3 is 28.8 Å². The molecule has 0 amide bonds. The number of aliphatic hydroxyl groups is 1. The van der Waals surface area contributed by atoms with E-state index in [1.54, 1.807) is 0 Å². The molecule has 1 N–H and O–H groups in total. The van der Waals surface area contributed by atoms with Crippen LogP contribution in [0.5, 0.6) is 0 Å². The summed E-state index contributed by atoms with van der Waals surface area (Å²) in [4.78, 5) is 0. The Morgan fingerprint density at radius 3 is 2.41 bits per heavy atom. The summed E-state index contributed by atoms with van der Waals surface area (Å²) in [6.07, 6.45) is 2.42. The second-order valence-electron chi connectivity index (χ2n) is 5.53. The van der Waals surface area contributed by atoms with Crippen LogP contribution in [0.25, 0.3) is 0 Å². The maximum atomic E-state index is 8.54. The van der Waals surface area contributed by atoms with Crippen molar-refractivity contribution in [1.82, 2.24) is 0 Å². The highest BCUT2D eigenvalue weighted by Crippen LogP contribution is 2.19. The quantitative estimate of drug-likeness (QED) is 0.360. The van der Waals surface area contributed by atoms with E-state index in [1.807, 2.05) is 6.92 Å². The smallest absolute Gasteiger partial charge is 0.0984 e. The molecule has 1 saturated heterocycles. The number of aliphatic hydroxyl groups excluding tert-OH is 1. The zero-order valence-corrected chi connectivity index (χ0v) is 15.0. The van der Waals surface area contributed by atoms with Gasteiger partial charge in [0, 0.05) is 11.9 Å². The molecule has 0 radical (unpaired) electrons. The lowest BCUT2D eigenvalue weighted by molar-refractivity contribution is -0.104. The van der Waals surface area contributed by atoms with Crippen molar-refractivity contribution in [1.29, 1.82) is 0 Å². The van der Waals surface area contributed by atoms with E-state index < -0.39 is 0 Å². The van der Waals surface area contributed by atoms with Gasteiger partial charge in [0.05, 0.1) is 64.6 Å². The van der Waals surface area contributed by atoms with Gasteiger partial charge >= 0.3 is 0 Å². The number of ether oxygens (including phenoxy) is 5. The SMILES string of the molecule is CC(CBr)(COCCOCCOCCO)OCC1CCCO1. The van der Waals surface area contributed by atoms with E-state index in [0.29, 0.717) is 51.6 Å². The maximum absolute atomic E-state index is 8.54. The standard InChI is InChI=1S/C15H29BrO6/c1-15(12-16,22-11-14-3-2-5-21-14)13-20-10-9-19-8-7-18-6-4-17/h14,17H,2-13H2,1H3. The molecular formula is C15H29BrO6. The first-order valence-electron chi connectivity index (χ1n) is 7.86. The largest absolute Gasteiger partial charge is 0.394 e. The highest BCUT2D eigenvalue weighted by molar-refractivity contribution is 9.09. The molecule has 0 aromatic rings. The van der Waals surface area contributed by atoms with E-state index in [1.165, 1.54) is 0 Å². The molecule has 2 atom stereocenters. The third kappa shape index (κ3) is 9.39. The molecule has 1 rings (SSSR count). The first kappa shape index (κ1) is 20.3. The summed E-state index contributed by atoms with van der Waals surface area (Å²) in [6, 6.07) is 0. The number of halogens is 1. The summed E-state index contributed by atoms with van der Waals surface area (Å²) in [6.45, 7) is 6.43. The summed E-state index contributed by atoms with van der Waals surface area (Å²) in [5.74, 6) is 0. The first-order valence-corrected chi connectivity index (χ1v) is 8.98. The lowest BCUT2D eigenvalue weighted by Gasteiger charge is -2.29. The molecule has 1 fully saturated rings. The molecule has 7 heteroatoms. The van der Waals surface area contributed by atoms with Crippen LogP contribution in [0.3, 0.4) is 0 Å². The first-order chi connectivity index (χ1) is 10.7. The van der Waals surface area contributed by atoms with E-state index in [-0.39, 0.29) is 18.3 Å². The second-order valence-corrected chi connectivity index (χ2v) is 6.09. The highest BCUT2D eigenvalue weighted by atomic mass is 79.9. The van der Waals surface area contributed by atoms with Gasteiger partial charge in [0.2, 0.25) is 0 Å². The van der Waals surface area contributed by atoms with Crippen molar-refractivity contribution in [2.75, 3.05) is 64.8 Å². The van der Waals surface area contributed by atoms with Crippen molar-refractivity contribution in [3.63, 3.8) is 0 Å². The van der Waals surface area contributed by atoms with Crippen LogP contribution in [0.4, 0.5) is 0 Å². The van der Waals surface area contributed by atoms with Gasteiger partial charge in [-0.3, -0.25) is 0 Å². The van der Waals surface area contributed by atoms with Crippen molar-refractivity contribution >= 4 is 15.9 Å². The Kier molecular flexibility index (Phi) is 11.7. The molecule has 0 bridgehead atoms. The van der Waals surface area contributed by atoms with Crippen LogP contribution in [0.2, 0.25) is 0 Å². The Balaban J connectivity index is 1.99. The minimum absolute atomic E-state index is 0.0418. The topological polar surface area (TPSA) is 66.4 Å². The Labute approximate surface area is 141 Å². The molecule has 0 saturated carbocycles. The number of alkyl halides is 1. The van der Waals surface area contributed by atoms with Crippen LogP contribution in [-0.4, -0.2) is 81.6 Å². The summed E-state index contributed by atoms with van der Waals surface area (Å²) in [7, 11) is 0. The van der Waals surface area contributed by atoms with E-state index >= 15 is 0 Å². The fraction of sp³-hybridized carbons (Fsp3) is 1.00. The van der Waals surface area contributed by atoms with Gasteiger partial charge in [-0.1, -0.05) is 15.9 Å². The average Bonchev–Trinajstić information content (AvgIpc) is 3.05. The Morgan fingerprint density at radius 1 is 1.14 bits per heavy atom. The molecule has 1 aliphatic heterocycles. The zero-order valence-electron chi connectivity index (χ0n) is 13.4. The van der Waals surface area contributed by atoms with E-state index in [2.05, 4.69) is 15.9 Å². The normalized spacial score (nSPS) is 21.1. The Bertz CT molecular complexity index is 262. The van der Waals surface area contributed by atoms with Gasteiger partial charge in [0.15, 0.2) is 0 Å². The van der Waals surface area contributed by atoms with Gasteiger partial charge in [-0.05, 0) is 19.8 Å². The molecule has 0 aromatic carbocycles. The molecule has 1 aliphatic rings. The van der Waals surface area contributed by atoms with Crippen LogP contribution in [-0.2, 0) is 23.7 Å². The van der Waals surface area contributed by atoms with E-state index in [4.69, 9.17) is 28.8 Å². The minimum atomic E-state index is -0.351. The van der Waals surface area contributed by atoms with Crippen molar-refractivity contribution in [2.24, 2.45) is 0 Å². The van der Waals surface area contributed by atoms with Crippen molar-refractivity contribution in [2.45, 2.75) is 31.5 Å². The predicted octanol–water partition coefficient (Wildman–Crippen LogP) is 1.38. The monoisotopic (exact) mass is 384 g/mol. The van der Waals surface area contributed by atoms with E-state index in [9.17, 15) is 0 Å². The van der Waals surface area contributed by atoms with Gasteiger partial charge in [-0.2, -0.15) is 0 Å². The van der Waals surface area contributed by atoms with Crippen molar-refractivity contribution < 1.29 is 28.8 Å². The predicted molar refractivity (Wildman–Crippen MR) is 86.7 cm³/mol. The summed E-state index contributed by atoms with van der Waals surface area (Å²) in [5.41, 5.74) is -0.351. The molecule has 1 heterocycles. The van der Waals surface area contributed by atoms with Gasteiger partial charge in [0.25, 0.3) is 0 Å². The van der Waals surface area contributed by atoms with Crippen LogP contribution < -0.4 is 0 Å². The molecule has 0 aliphatic carbocycles. The summed E-state index contributed by atoms with van der Waals surface area (Å²) in [5, 5.41) is 9.25. The molecule has 0 spiro atoms. The summed E-state index contributed by atoms with van der Waals surface area (Å²) < 4.78 is 27.6. The Morgan fingerprint density at radius 2 is 1.82 bits per heavy atom. The van der Waals surface area contributed by atoms with Crippen LogP contribution in [0.15, 0.2) is 0 Å². The zero-order chi connectivity index (χ0) is 16.1. The van der Waals surface area contributed by atoms with Crippen LogP contribution in [0.1, 0.15) is 19.8 Å². The fourth-order valence-corrected chi connectivity index (χ4v) is 2.30. The molecule has 132 valence electrons. The molecule has 22 heavy (non-hydrogen) atoms. The van der Waals surface area contributed by atoms with Gasteiger partial charge in [-0.15, -0.1) is 0 Å². The molecule has 2 unspecified atom stereocenters. The second kappa shape index (κ2) is 12.6. The van der Waals surface area contributed by atoms with Crippen molar-refractivity contribution in [3.05, 3.63) is 0 Å². The number of hydrogen-bond acceptors (Lipinski definition) is 6. The molecular weight excluding hydrogens is 356 g/mol. The van der Waals surface area contributed by atoms with E-state index in [0.717, 1.165) is 19.4 Å². The van der Waals surface area contributed by atoms with Gasteiger partial charge in [-0.25, -0.2) is 0 Å². The third-order valence-corrected chi connectivity index (χ3v) is 4.50. The Hall–Kier alpha value is 0.240.